The number of halogens is 1. The molecule has 0 saturated carbocycles. The molecular formula is C20H22ClNO2. The van der Waals surface area contributed by atoms with Crippen LogP contribution in [0.3, 0.4) is 0 Å². The van der Waals surface area contributed by atoms with Crippen LogP contribution in [0.15, 0.2) is 42.5 Å². The Morgan fingerprint density at radius 1 is 1.29 bits per heavy atom. The topological polar surface area (TPSA) is 38.3 Å². The van der Waals surface area contributed by atoms with E-state index >= 15 is 0 Å². The molecule has 1 aliphatic heterocycles. The number of carbonyl (C=O) groups is 1. The van der Waals surface area contributed by atoms with Crippen molar-refractivity contribution in [2.24, 2.45) is 0 Å². The van der Waals surface area contributed by atoms with Gasteiger partial charge in [0.1, 0.15) is 11.4 Å². The van der Waals surface area contributed by atoms with E-state index in [0.29, 0.717) is 11.4 Å². The van der Waals surface area contributed by atoms with Gasteiger partial charge < -0.3 is 10.1 Å². The number of ether oxygens (including phenoxy) is 1. The fourth-order valence-corrected chi connectivity index (χ4v) is 3.38. The first-order chi connectivity index (χ1) is 11.3. The van der Waals surface area contributed by atoms with Gasteiger partial charge in [-0.1, -0.05) is 35.9 Å². The highest BCUT2D eigenvalue weighted by molar-refractivity contribution is 6.30. The van der Waals surface area contributed by atoms with Crippen LogP contribution in [0.1, 0.15) is 43.0 Å². The van der Waals surface area contributed by atoms with Gasteiger partial charge in [0.25, 0.3) is 0 Å². The van der Waals surface area contributed by atoms with Crippen LogP contribution in [0.25, 0.3) is 0 Å². The fraction of sp³-hybridized carbons (Fsp3) is 0.350. The number of aryl methyl sites for hydroxylation is 1. The van der Waals surface area contributed by atoms with Crippen LogP contribution < -0.4 is 10.1 Å². The van der Waals surface area contributed by atoms with Gasteiger partial charge in [0.15, 0.2) is 0 Å². The molecule has 4 heteroatoms. The zero-order valence-corrected chi connectivity index (χ0v) is 15.0. The number of benzene rings is 2. The maximum absolute atomic E-state index is 12.5. The largest absolute Gasteiger partial charge is 0.487 e. The number of nitrogens with one attached hydrogen (secondary N) is 1. The van der Waals surface area contributed by atoms with Crippen LogP contribution in [-0.2, 0) is 11.2 Å². The van der Waals surface area contributed by atoms with Gasteiger partial charge in [0.05, 0.1) is 12.5 Å². The lowest BCUT2D eigenvalue weighted by Crippen LogP contribution is -2.41. The van der Waals surface area contributed by atoms with E-state index in [2.05, 4.69) is 11.4 Å². The summed E-state index contributed by atoms with van der Waals surface area (Å²) in [4.78, 5) is 12.5. The SMILES string of the molecule is Cc1ccc2c(c1)OC(C)(C)C[C@H]2NC(=O)Cc1cccc(Cl)c1. The molecule has 1 atom stereocenters. The molecule has 1 heterocycles. The lowest BCUT2D eigenvalue weighted by atomic mass is 9.89. The summed E-state index contributed by atoms with van der Waals surface area (Å²) in [6.45, 7) is 6.14. The molecule has 0 unspecified atom stereocenters. The molecule has 1 N–H and O–H groups in total. The minimum Gasteiger partial charge on any atom is -0.487 e. The first-order valence-corrected chi connectivity index (χ1v) is 8.53. The molecule has 0 spiro atoms. The molecule has 2 aromatic rings. The fourth-order valence-electron chi connectivity index (χ4n) is 3.17. The summed E-state index contributed by atoms with van der Waals surface area (Å²) >= 11 is 5.99. The Hall–Kier alpha value is -2.00. The molecule has 1 aliphatic rings. The summed E-state index contributed by atoms with van der Waals surface area (Å²) in [5.74, 6) is 0.853. The molecule has 1 amide bonds. The third-order valence-electron chi connectivity index (χ3n) is 4.22. The van der Waals surface area contributed by atoms with Crippen LogP contribution in [0.2, 0.25) is 5.02 Å². The third-order valence-corrected chi connectivity index (χ3v) is 4.45. The minimum absolute atomic E-state index is 0.00788. The van der Waals surface area contributed by atoms with Gasteiger partial charge >= 0.3 is 0 Å². The van der Waals surface area contributed by atoms with Crippen molar-refractivity contribution < 1.29 is 9.53 Å². The molecular weight excluding hydrogens is 322 g/mol. The number of hydrogen-bond acceptors (Lipinski definition) is 2. The van der Waals surface area contributed by atoms with Crippen LogP contribution >= 0.6 is 11.6 Å². The molecule has 0 bridgehead atoms. The van der Waals surface area contributed by atoms with E-state index < -0.39 is 0 Å². The predicted octanol–water partition coefficient (Wildman–Crippen LogP) is 4.61. The Morgan fingerprint density at radius 3 is 2.83 bits per heavy atom. The van der Waals surface area contributed by atoms with Crippen molar-refractivity contribution in [1.29, 1.82) is 0 Å². The Bertz CT molecular complexity index is 770. The van der Waals surface area contributed by atoms with Gasteiger partial charge in [-0.15, -0.1) is 0 Å². The second-order valence-electron chi connectivity index (χ2n) is 7.03. The number of rotatable bonds is 3. The maximum atomic E-state index is 12.5. The van der Waals surface area contributed by atoms with Gasteiger partial charge in [-0.2, -0.15) is 0 Å². The van der Waals surface area contributed by atoms with Crippen LogP contribution in [0, 0.1) is 6.92 Å². The second-order valence-corrected chi connectivity index (χ2v) is 7.47. The summed E-state index contributed by atoms with van der Waals surface area (Å²) in [5, 5.41) is 3.80. The Balaban J connectivity index is 1.78. The average molecular weight is 344 g/mol. The standard InChI is InChI=1S/C20H22ClNO2/c1-13-7-8-16-17(12-20(2,3)24-18(16)9-13)22-19(23)11-14-5-4-6-15(21)10-14/h4-10,17H,11-12H2,1-3H3,(H,22,23)/t17-/m1/s1. The molecule has 3 rings (SSSR count). The highest BCUT2D eigenvalue weighted by atomic mass is 35.5. The third kappa shape index (κ3) is 3.90. The Labute approximate surface area is 148 Å². The van der Waals surface area contributed by atoms with Gasteiger partial charge in [0.2, 0.25) is 5.91 Å². The molecule has 0 radical (unpaired) electrons. The Kier molecular flexibility index (Phi) is 4.55. The summed E-state index contributed by atoms with van der Waals surface area (Å²) in [6, 6.07) is 13.5. The quantitative estimate of drug-likeness (QED) is 0.883. The number of amides is 1. The first-order valence-electron chi connectivity index (χ1n) is 8.16. The van der Waals surface area contributed by atoms with Gasteiger partial charge in [-0.3, -0.25) is 4.79 Å². The molecule has 24 heavy (non-hydrogen) atoms. The van der Waals surface area contributed by atoms with Crippen molar-refractivity contribution in [2.45, 2.75) is 45.3 Å². The number of fused-ring (bicyclic) bond motifs is 1. The van der Waals surface area contributed by atoms with Crippen LogP contribution in [0.4, 0.5) is 0 Å². The highest BCUT2D eigenvalue weighted by Gasteiger charge is 2.34. The molecule has 0 aromatic heterocycles. The zero-order chi connectivity index (χ0) is 17.3. The highest BCUT2D eigenvalue weighted by Crippen LogP contribution is 2.39. The van der Waals surface area contributed by atoms with Crippen molar-refractivity contribution in [1.82, 2.24) is 5.32 Å². The second kappa shape index (κ2) is 6.48. The smallest absolute Gasteiger partial charge is 0.224 e. The van der Waals surface area contributed by atoms with E-state index in [9.17, 15) is 4.79 Å². The van der Waals surface area contributed by atoms with Crippen LogP contribution in [-0.4, -0.2) is 11.5 Å². The van der Waals surface area contributed by atoms with Crippen molar-refractivity contribution in [3.8, 4) is 5.75 Å². The predicted molar refractivity (Wildman–Crippen MR) is 96.5 cm³/mol. The number of carbonyl (C=O) groups excluding carboxylic acids is 1. The lowest BCUT2D eigenvalue weighted by Gasteiger charge is -2.38. The van der Waals surface area contributed by atoms with Gasteiger partial charge in [-0.05, 0) is 50.1 Å². The van der Waals surface area contributed by atoms with Crippen molar-refractivity contribution >= 4 is 17.5 Å². The van der Waals surface area contributed by atoms with E-state index in [1.54, 1.807) is 0 Å². The first kappa shape index (κ1) is 16.8. The van der Waals surface area contributed by atoms with E-state index in [1.807, 2.05) is 57.2 Å². The van der Waals surface area contributed by atoms with Crippen molar-refractivity contribution in [3.05, 3.63) is 64.2 Å². The lowest BCUT2D eigenvalue weighted by molar-refractivity contribution is -0.121. The van der Waals surface area contributed by atoms with Crippen molar-refractivity contribution in [3.63, 3.8) is 0 Å². The minimum atomic E-state index is -0.311. The van der Waals surface area contributed by atoms with E-state index in [-0.39, 0.29) is 17.6 Å². The van der Waals surface area contributed by atoms with Crippen LogP contribution in [0.5, 0.6) is 5.75 Å². The van der Waals surface area contributed by atoms with Gasteiger partial charge in [0, 0.05) is 17.0 Å². The molecule has 0 fully saturated rings. The normalized spacial score (nSPS) is 18.4. The molecule has 126 valence electrons. The maximum Gasteiger partial charge on any atom is 0.224 e. The molecule has 0 aliphatic carbocycles. The zero-order valence-electron chi connectivity index (χ0n) is 14.2. The monoisotopic (exact) mass is 343 g/mol. The molecule has 3 nitrogen and oxygen atoms in total. The summed E-state index contributed by atoms with van der Waals surface area (Å²) < 4.78 is 6.08. The van der Waals surface area contributed by atoms with Gasteiger partial charge in [-0.25, -0.2) is 0 Å². The average Bonchev–Trinajstić information content (AvgIpc) is 2.45. The van der Waals surface area contributed by atoms with E-state index in [1.165, 1.54) is 0 Å². The summed E-state index contributed by atoms with van der Waals surface area (Å²) in [7, 11) is 0. The summed E-state index contributed by atoms with van der Waals surface area (Å²) in [6.07, 6.45) is 1.06. The molecule has 0 saturated heterocycles. The van der Waals surface area contributed by atoms with E-state index in [0.717, 1.165) is 28.9 Å². The van der Waals surface area contributed by atoms with E-state index in [4.69, 9.17) is 16.3 Å². The Morgan fingerprint density at radius 2 is 2.08 bits per heavy atom. The molecule has 2 aromatic carbocycles. The number of hydrogen-bond donors (Lipinski definition) is 1. The summed E-state index contributed by atoms with van der Waals surface area (Å²) in [5.41, 5.74) is 2.79. The van der Waals surface area contributed by atoms with Crippen molar-refractivity contribution in [2.75, 3.05) is 0 Å².